The molecule has 3 nitrogen and oxygen atoms in total. The Morgan fingerprint density at radius 2 is 2.16 bits per heavy atom. The van der Waals surface area contributed by atoms with Crippen LogP contribution in [0.4, 0.5) is 0 Å². The van der Waals surface area contributed by atoms with E-state index >= 15 is 0 Å². The van der Waals surface area contributed by atoms with Gasteiger partial charge >= 0.3 is 0 Å². The van der Waals surface area contributed by atoms with Crippen LogP contribution >= 0.6 is 0 Å². The van der Waals surface area contributed by atoms with Crippen LogP contribution < -0.4 is 4.74 Å². The summed E-state index contributed by atoms with van der Waals surface area (Å²) in [5, 5.41) is 0. The Hall–Kier alpha value is -1.38. The molecular formula is C16H23NO2. The highest BCUT2D eigenvalue weighted by molar-refractivity contribution is 5.83. The van der Waals surface area contributed by atoms with Crippen molar-refractivity contribution in [3.8, 4) is 5.75 Å². The van der Waals surface area contributed by atoms with Gasteiger partial charge in [0.15, 0.2) is 0 Å². The third-order valence-electron chi connectivity index (χ3n) is 4.24. The van der Waals surface area contributed by atoms with Gasteiger partial charge in [0, 0.05) is 29.7 Å². The summed E-state index contributed by atoms with van der Waals surface area (Å²) in [5.74, 6) is 2.13. The third kappa shape index (κ3) is 2.96. The van der Waals surface area contributed by atoms with E-state index in [9.17, 15) is 4.79 Å². The fourth-order valence-corrected chi connectivity index (χ4v) is 3.06. The fourth-order valence-electron chi connectivity index (χ4n) is 3.06. The Labute approximate surface area is 115 Å². The second-order valence-electron chi connectivity index (χ2n) is 5.80. The van der Waals surface area contributed by atoms with Crippen LogP contribution in [0.1, 0.15) is 43.0 Å². The van der Waals surface area contributed by atoms with Crippen molar-refractivity contribution >= 4 is 5.78 Å². The van der Waals surface area contributed by atoms with Crippen LogP contribution in [0.5, 0.6) is 5.75 Å². The van der Waals surface area contributed by atoms with Crippen LogP contribution in [0.15, 0.2) is 6.20 Å². The molecule has 2 unspecified atom stereocenters. The first-order valence-corrected chi connectivity index (χ1v) is 7.04. The Balaban J connectivity index is 2.13. The van der Waals surface area contributed by atoms with Crippen LogP contribution in [-0.4, -0.2) is 17.9 Å². The van der Waals surface area contributed by atoms with Gasteiger partial charge in [0.1, 0.15) is 11.5 Å². The quantitative estimate of drug-likeness (QED) is 0.835. The molecule has 3 heteroatoms. The number of Topliss-reactive ketones (excluding diaryl/α,β-unsaturated/α-hetero) is 1. The number of carbonyl (C=O) groups is 1. The van der Waals surface area contributed by atoms with E-state index in [0.717, 1.165) is 35.4 Å². The maximum absolute atomic E-state index is 12.3. The van der Waals surface area contributed by atoms with E-state index in [1.165, 1.54) is 6.42 Å². The molecule has 0 spiro atoms. The van der Waals surface area contributed by atoms with Crippen molar-refractivity contribution in [2.45, 2.75) is 46.5 Å². The smallest absolute Gasteiger partial charge is 0.141 e. The number of carbonyl (C=O) groups excluding carboxylic acids is 1. The molecule has 19 heavy (non-hydrogen) atoms. The molecular weight excluding hydrogens is 238 g/mol. The van der Waals surface area contributed by atoms with Gasteiger partial charge in [-0.1, -0.05) is 6.92 Å². The molecule has 0 saturated heterocycles. The number of hydrogen-bond acceptors (Lipinski definition) is 3. The van der Waals surface area contributed by atoms with Gasteiger partial charge < -0.3 is 4.74 Å². The zero-order valence-electron chi connectivity index (χ0n) is 12.3. The SMILES string of the molecule is COc1c(C)cnc(CC(=O)C2CCC(C)C2)c1C. The average Bonchev–Trinajstić information content (AvgIpc) is 2.80. The summed E-state index contributed by atoms with van der Waals surface area (Å²) in [7, 11) is 1.67. The second-order valence-corrected chi connectivity index (χ2v) is 5.80. The molecule has 0 radical (unpaired) electrons. The zero-order valence-corrected chi connectivity index (χ0v) is 12.3. The Bertz CT molecular complexity index is 482. The molecule has 0 bridgehead atoms. The lowest BCUT2D eigenvalue weighted by atomic mass is 9.96. The number of ether oxygens (including phenoxy) is 1. The van der Waals surface area contributed by atoms with Crippen molar-refractivity contribution in [2.24, 2.45) is 11.8 Å². The molecule has 1 aliphatic carbocycles. The van der Waals surface area contributed by atoms with Crippen LogP contribution in [0.25, 0.3) is 0 Å². The molecule has 0 N–H and O–H groups in total. The van der Waals surface area contributed by atoms with Gasteiger partial charge in [-0.25, -0.2) is 0 Å². The van der Waals surface area contributed by atoms with Gasteiger partial charge in [0.25, 0.3) is 0 Å². The van der Waals surface area contributed by atoms with Crippen LogP contribution in [0.3, 0.4) is 0 Å². The molecule has 1 aliphatic rings. The summed E-state index contributed by atoms with van der Waals surface area (Å²) in [6.45, 7) is 6.19. The van der Waals surface area contributed by atoms with Crippen LogP contribution in [-0.2, 0) is 11.2 Å². The van der Waals surface area contributed by atoms with Gasteiger partial charge in [-0.05, 0) is 39.0 Å². The van der Waals surface area contributed by atoms with Gasteiger partial charge in [-0.15, -0.1) is 0 Å². The molecule has 2 rings (SSSR count). The predicted octanol–water partition coefficient (Wildman–Crippen LogP) is 3.25. The largest absolute Gasteiger partial charge is 0.496 e. The molecule has 0 amide bonds. The highest BCUT2D eigenvalue weighted by atomic mass is 16.5. The lowest BCUT2D eigenvalue weighted by Gasteiger charge is -2.13. The normalized spacial score (nSPS) is 22.5. The zero-order chi connectivity index (χ0) is 14.0. The molecule has 104 valence electrons. The number of nitrogens with zero attached hydrogens (tertiary/aromatic N) is 1. The van der Waals surface area contributed by atoms with Gasteiger partial charge in [0.2, 0.25) is 0 Å². The second kappa shape index (κ2) is 5.72. The lowest BCUT2D eigenvalue weighted by molar-refractivity contribution is -0.122. The third-order valence-corrected chi connectivity index (χ3v) is 4.24. The monoisotopic (exact) mass is 261 g/mol. The lowest BCUT2D eigenvalue weighted by Crippen LogP contribution is -2.16. The molecule has 1 heterocycles. The maximum Gasteiger partial charge on any atom is 0.141 e. The Morgan fingerprint density at radius 3 is 2.74 bits per heavy atom. The summed E-state index contributed by atoms with van der Waals surface area (Å²) >= 11 is 0. The summed E-state index contributed by atoms with van der Waals surface area (Å²) in [5.41, 5.74) is 2.89. The average molecular weight is 261 g/mol. The summed E-state index contributed by atoms with van der Waals surface area (Å²) in [6, 6.07) is 0. The predicted molar refractivity (Wildman–Crippen MR) is 75.5 cm³/mol. The Morgan fingerprint density at radius 1 is 1.42 bits per heavy atom. The first kappa shape index (κ1) is 14.0. The molecule has 1 aromatic heterocycles. The van der Waals surface area contributed by atoms with Crippen molar-refractivity contribution in [3.63, 3.8) is 0 Å². The van der Waals surface area contributed by atoms with E-state index in [-0.39, 0.29) is 5.92 Å². The van der Waals surface area contributed by atoms with Crippen molar-refractivity contribution in [1.82, 2.24) is 4.98 Å². The molecule has 2 atom stereocenters. The molecule has 1 aromatic rings. The standard InChI is InChI=1S/C16H23NO2/c1-10-5-6-13(7-10)15(18)8-14-12(3)16(19-4)11(2)9-17-14/h9-10,13H,5-8H2,1-4H3. The van der Waals surface area contributed by atoms with E-state index < -0.39 is 0 Å². The highest BCUT2D eigenvalue weighted by Gasteiger charge is 2.28. The number of ketones is 1. The molecule has 1 fully saturated rings. The minimum Gasteiger partial charge on any atom is -0.496 e. The first-order chi connectivity index (χ1) is 9.02. The van der Waals surface area contributed by atoms with Gasteiger partial charge in [-0.2, -0.15) is 0 Å². The fraction of sp³-hybridized carbons (Fsp3) is 0.625. The highest BCUT2D eigenvalue weighted by Crippen LogP contribution is 2.32. The van der Waals surface area contributed by atoms with Crippen molar-refractivity contribution in [3.05, 3.63) is 23.0 Å². The molecule has 0 aromatic carbocycles. The minimum absolute atomic E-state index is 0.239. The Kier molecular flexibility index (Phi) is 4.23. The number of methoxy groups -OCH3 is 1. The molecule has 0 aliphatic heterocycles. The van der Waals surface area contributed by atoms with Crippen LogP contribution in [0, 0.1) is 25.7 Å². The topological polar surface area (TPSA) is 39.2 Å². The van der Waals surface area contributed by atoms with Crippen LogP contribution in [0.2, 0.25) is 0 Å². The number of pyridine rings is 1. The van der Waals surface area contributed by atoms with Crippen molar-refractivity contribution < 1.29 is 9.53 Å². The minimum atomic E-state index is 0.239. The van der Waals surface area contributed by atoms with E-state index in [1.807, 2.05) is 13.8 Å². The number of aromatic nitrogens is 1. The molecule has 1 saturated carbocycles. The van der Waals surface area contributed by atoms with Crippen molar-refractivity contribution in [1.29, 1.82) is 0 Å². The van der Waals surface area contributed by atoms with E-state index in [2.05, 4.69) is 11.9 Å². The van der Waals surface area contributed by atoms with E-state index in [1.54, 1.807) is 13.3 Å². The number of hydrogen-bond donors (Lipinski definition) is 0. The maximum atomic E-state index is 12.3. The van der Waals surface area contributed by atoms with Gasteiger partial charge in [-0.3, -0.25) is 9.78 Å². The van der Waals surface area contributed by atoms with Gasteiger partial charge in [0.05, 0.1) is 12.8 Å². The summed E-state index contributed by atoms with van der Waals surface area (Å²) in [4.78, 5) is 16.7. The summed E-state index contributed by atoms with van der Waals surface area (Å²) < 4.78 is 5.39. The number of aryl methyl sites for hydroxylation is 1. The van der Waals surface area contributed by atoms with E-state index in [4.69, 9.17) is 4.74 Å². The number of rotatable bonds is 4. The summed E-state index contributed by atoms with van der Waals surface area (Å²) in [6.07, 6.45) is 5.51. The first-order valence-electron chi connectivity index (χ1n) is 7.04. The van der Waals surface area contributed by atoms with E-state index in [0.29, 0.717) is 18.1 Å². The van der Waals surface area contributed by atoms with Crippen molar-refractivity contribution in [2.75, 3.05) is 7.11 Å².